The minimum atomic E-state index is -3.85. The van der Waals surface area contributed by atoms with Crippen molar-refractivity contribution in [1.82, 2.24) is 10.2 Å². The summed E-state index contributed by atoms with van der Waals surface area (Å²) >= 11 is 6.29. The highest BCUT2D eigenvalue weighted by Gasteiger charge is 2.33. The van der Waals surface area contributed by atoms with Crippen LogP contribution in [0.3, 0.4) is 0 Å². The molecule has 0 saturated carbocycles. The van der Waals surface area contributed by atoms with Gasteiger partial charge in [-0.15, -0.1) is 0 Å². The fourth-order valence-electron chi connectivity index (χ4n) is 4.13. The first kappa shape index (κ1) is 30.2. The third kappa shape index (κ3) is 8.57. The molecule has 0 aliphatic rings. The fourth-order valence-corrected chi connectivity index (χ4v) is 5.14. The van der Waals surface area contributed by atoms with Gasteiger partial charge in [-0.2, -0.15) is 0 Å². The number of anilines is 1. The molecular formula is C30H36ClN3O4S. The summed E-state index contributed by atoms with van der Waals surface area (Å²) < 4.78 is 26.7. The highest BCUT2D eigenvalue weighted by Crippen LogP contribution is 2.25. The van der Waals surface area contributed by atoms with Gasteiger partial charge in [0.05, 0.1) is 11.9 Å². The number of rotatable bonds is 12. The first-order valence-electron chi connectivity index (χ1n) is 12.9. The molecule has 3 aromatic carbocycles. The fraction of sp³-hybridized carbons (Fsp3) is 0.333. The molecule has 0 unspecified atom stereocenters. The van der Waals surface area contributed by atoms with Crippen molar-refractivity contribution >= 4 is 39.1 Å². The monoisotopic (exact) mass is 569 g/mol. The number of nitrogens with one attached hydrogen (secondary N) is 1. The molecule has 0 fully saturated rings. The summed E-state index contributed by atoms with van der Waals surface area (Å²) in [6, 6.07) is 22.7. The maximum atomic E-state index is 14.0. The van der Waals surface area contributed by atoms with Gasteiger partial charge in [0.1, 0.15) is 12.6 Å². The minimum Gasteiger partial charge on any atom is -0.352 e. The number of carbonyl (C=O) groups is 2. The summed E-state index contributed by atoms with van der Waals surface area (Å²) in [5.41, 5.74) is 2.78. The van der Waals surface area contributed by atoms with Gasteiger partial charge in [0.2, 0.25) is 21.8 Å². The van der Waals surface area contributed by atoms with Crippen molar-refractivity contribution in [2.24, 2.45) is 0 Å². The maximum Gasteiger partial charge on any atom is 0.244 e. The Kier molecular flexibility index (Phi) is 10.5. The van der Waals surface area contributed by atoms with E-state index in [0.29, 0.717) is 5.02 Å². The largest absolute Gasteiger partial charge is 0.352 e. The highest BCUT2D eigenvalue weighted by molar-refractivity contribution is 7.92. The van der Waals surface area contributed by atoms with Gasteiger partial charge in [-0.1, -0.05) is 85.3 Å². The molecule has 9 heteroatoms. The molecule has 2 amide bonds. The Balaban J connectivity index is 2.05. The van der Waals surface area contributed by atoms with Gasteiger partial charge in [-0.05, 0) is 49.1 Å². The molecule has 0 aliphatic carbocycles. The van der Waals surface area contributed by atoms with Gasteiger partial charge < -0.3 is 10.2 Å². The van der Waals surface area contributed by atoms with Crippen LogP contribution in [-0.4, -0.2) is 50.0 Å². The normalized spacial score (nSPS) is 12.8. The first-order valence-corrected chi connectivity index (χ1v) is 15.1. The van der Waals surface area contributed by atoms with E-state index >= 15 is 0 Å². The van der Waals surface area contributed by atoms with Crippen molar-refractivity contribution in [3.63, 3.8) is 0 Å². The van der Waals surface area contributed by atoms with Gasteiger partial charge in [-0.25, -0.2) is 8.42 Å². The third-order valence-corrected chi connectivity index (χ3v) is 8.14. The van der Waals surface area contributed by atoms with Gasteiger partial charge >= 0.3 is 0 Å². The van der Waals surface area contributed by atoms with Crippen LogP contribution in [0.4, 0.5) is 5.69 Å². The van der Waals surface area contributed by atoms with Crippen molar-refractivity contribution in [1.29, 1.82) is 0 Å². The van der Waals surface area contributed by atoms with Crippen molar-refractivity contribution in [2.75, 3.05) is 17.1 Å². The lowest BCUT2D eigenvalue weighted by Gasteiger charge is -2.34. The lowest BCUT2D eigenvalue weighted by atomic mass is 10.0. The van der Waals surface area contributed by atoms with Crippen LogP contribution in [0, 0.1) is 6.92 Å². The summed E-state index contributed by atoms with van der Waals surface area (Å²) in [4.78, 5) is 29.1. The number of carbonyl (C=O) groups excluding carboxylic acids is 2. The summed E-state index contributed by atoms with van der Waals surface area (Å²) in [5, 5.41) is 3.41. The lowest BCUT2D eigenvalue weighted by molar-refractivity contribution is -0.140. The van der Waals surface area contributed by atoms with E-state index in [4.69, 9.17) is 11.6 Å². The molecular weight excluding hydrogens is 534 g/mol. The predicted octanol–water partition coefficient (Wildman–Crippen LogP) is 4.97. The Morgan fingerprint density at radius 2 is 1.54 bits per heavy atom. The van der Waals surface area contributed by atoms with Gasteiger partial charge in [0, 0.05) is 24.0 Å². The predicted molar refractivity (Wildman–Crippen MR) is 157 cm³/mol. The molecule has 39 heavy (non-hydrogen) atoms. The molecule has 3 rings (SSSR count). The highest BCUT2D eigenvalue weighted by atomic mass is 35.5. The molecule has 0 radical (unpaired) electrons. The quantitative estimate of drug-likeness (QED) is 0.334. The smallest absolute Gasteiger partial charge is 0.244 e. The number of aryl methyl sites for hydroxylation is 1. The molecule has 0 saturated heterocycles. The lowest BCUT2D eigenvalue weighted by Crippen LogP contribution is -2.54. The topological polar surface area (TPSA) is 86.8 Å². The number of halogens is 1. The SMILES string of the molecule is CC[C@H](C)NC(=O)[C@@H](Cc1ccccc1)N(Cc1ccccc1)C(=O)CN(c1ccc(C)c(Cl)c1)S(C)(=O)=O. The van der Waals surface area contributed by atoms with Crippen molar-refractivity contribution in [3.05, 3.63) is 101 Å². The maximum absolute atomic E-state index is 14.0. The van der Waals surface area contributed by atoms with Gasteiger partial charge in [-0.3, -0.25) is 13.9 Å². The standard InChI is InChI=1S/C30H36ClN3O4S/c1-5-23(3)32-30(36)28(18-24-12-8-6-9-13-24)33(20-25-14-10-7-11-15-25)29(35)21-34(39(4,37)38)26-17-16-22(2)27(31)19-26/h6-17,19,23,28H,5,18,20-21H2,1-4H3,(H,32,36)/t23-,28+/m0/s1. The van der Waals surface area contributed by atoms with E-state index in [-0.39, 0.29) is 30.6 Å². The molecule has 7 nitrogen and oxygen atoms in total. The van der Waals surface area contributed by atoms with Crippen LogP contribution in [0.25, 0.3) is 0 Å². The van der Waals surface area contributed by atoms with Crippen LogP contribution in [0.15, 0.2) is 78.9 Å². The molecule has 2 atom stereocenters. The number of amides is 2. The van der Waals surface area contributed by atoms with Crippen molar-refractivity contribution < 1.29 is 18.0 Å². The second kappa shape index (κ2) is 13.6. The molecule has 0 heterocycles. The number of benzene rings is 3. The third-order valence-electron chi connectivity index (χ3n) is 6.59. The average Bonchev–Trinajstić information content (AvgIpc) is 2.91. The Morgan fingerprint density at radius 1 is 0.949 bits per heavy atom. The molecule has 208 valence electrons. The van der Waals surface area contributed by atoms with E-state index in [0.717, 1.165) is 33.7 Å². The molecule has 0 bridgehead atoms. The van der Waals surface area contributed by atoms with E-state index in [1.807, 2.05) is 81.4 Å². The Labute approximate surface area is 236 Å². The van der Waals surface area contributed by atoms with E-state index in [1.165, 1.54) is 11.0 Å². The Bertz CT molecular complexity index is 1370. The summed E-state index contributed by atoms with van der Waals surface area (Å²) in [6.07, 6.45) is 2.05. The minimum absolute atomic E-state index is 0.0910. The first-order chi connectivity index (χ1) is 18.5. The van der Waals surface area contributed by atoms with Crippen LogP contribution in [0.2, 0.25) is 5.02 Å². The zero-order chi connectivity index (χ0) is 28.6. The summed E-state index contributed by atoms with van der Waals surface area (Å²) in [5.74, 6) is -0.789. The van der Waals surface area contributed by atoms with Crippen LogP contribution >= 0.6 is 11.6 Å². The molecule has 0 aromatic heterocycles. The summed E-state index contributed by atoms with van der Waals surface area (Å²) in [7, 11) is -3.85. The molecule has 0 aliphatic heterocycles. The second-order valence-electron chi connectivity index (χ2n) is 9.73. The number of hydrogen-bond acceptors (Lipinski definition) is 4. The molecule has 1 N–H and O–H groups in total. The Hall–Kier alpha value is -3.36. The van der Waals surface area contributed by atoms with Gasteiger partial charge in [0.25, 0.3) is 0 Å². The average molecular weight is 570 g/mol. The number of hydrogen-bond donors (Lipinski definition) is 1. The van der Waals surface area contributed by atoms with Crippen LogP contribution in [0.1, 0.15) is 37.0 Å². The zero-order valence-corrected chi connectivity index (χ0v) is 24.4. The van der Waals surface area contributed by atoms with E-state index in [2.05, 4.69) is 5.32 Å². The zero-order valence-electron chi connectivity index (χ0n) is 22.8. The van der Waals surface area contributed by atoms with Gasteiger partial charge in [0.15, 0.2) is 0 Å². The Morgan fingerprint density at radius 3 is 2.08 bits per heavy atom. The number of nitrogens with zero attached hydrogens (tertiary/aromatic N) is 2. The van der Waals surface area contributed by atoms with Crippen molar-refractivity contribution in [2.45, 2.75) is 52.2 Å². The second-order valence-corrected chi connectivity index (χ2v) is 12.0. The van der Waals surface area contributed by atoms with E-state index < -0.39 is 28.5 Å². The van der Waals surface area contributed by atoms with Crippen molar-refractivity contribution in [3.8, 4) is 0 Å². The van der Waals surface area contributed by atoms with Crippen LogP contribution in [0.5, 0.6) is 0 Å². The number of sulfonamides is 1. The molecule has 3 aromatic rings. The van der Waals surface area contributed by atoms with E-state index in [9.17, 15) is 18.0 Å². The molecule has 0 spiro atoms. The van der Waals surface area contributed by atoms with E-state index in [1.54, 1.807) is 12.1 Å². The van der Waals surface area contributed by atoms with Crippen LogP contribution < -0.4 is 9.62 Å². The summed E-state index contributed by atoms with van der Waals surface area (Å²) in [6.45, 7) is 5.35. The van der Waals surface area contributed by atoms with Crippen LogP contribution in [-0.2, 0) is 32.6 Å².